The molecule has 0 radical (unpaired) electrons. The van der Waals surface area contributed by atoms with Crippen LogP contribution in [0, 0.1) is 0 Å². The van der Waals surface area contributed by atoms with Crippen molar-refractivity contribution in [2.45, 2.75) is 6.54 Å². The minimum absolute atomic E-state index is 0.00376. The van der Waals surface area contributed by atoms with E-state index in [4.69, 9.17) is 21.4 Å². The fourth-order valence-corrected chi connectivity index (χ4v) is 1.74. The summed E-state index contributed by atoms with van der Waals surface area (Å²) in [4.78, 5) is 15.0. The van der Waals surface area contributed by atoms with Gasteiger partial charge in [0.1, 0.15) is 5.82 Å². The highest BCUT2D eigenvalue weighted by molar-refractivity contribution is 6.33. The molecule has 20 heavy (non-hydrogen) atoms. The van der Waals surface area contributed by atoms with Crippen molar-refractivity contribution >= 4 is 29.1 Å². The van der Waals surface area contributed by atoms with E-state index in [1.807, 2.05) is 0 Å². The van der Waals surface area contributed by atoms with Crippen LogP contribution in [-0.2, 0) is 11.3 Å². The molecule has 0 atom stereocenters. The van der Waals surface area contributed by atoms with Crippen molar-refractivity contribution in [1.82, 2.24) is 14.8 Å². The zero-order valence-electron chi connectivity index (χ0n) is 10.7. The summed E-state index contributed by atoms with van der Waals surface area (Å²) in [7, 11) is 1.62. The fraction of sp³-hybridized carbons (Fsp3) is 0.250. The number of methoxy groups -OCH3 is 1. The summed E-state index contributed by atoms with van der Waals surface area (Å²) in [5.41, 5.74) is 0.697. The van der Waals surface area contributed by atoms with Crippen LogP contribution in [0.15, 0.2) is 24.7 Å². The van der Waals surface area contributed by atoms with Gasteiger partial charge in [-0.05, 0) is 6.07 Å². The van der Waals surface area contributed by atoms with Gasteiger partial charge in [-0.15, -0.1) is 0 Å². The number of rotatable bonds is 6. The number of nitrogens with one attached hydrogen (secondary N) is 1. The highest BCUT2D eigenvalue weighted by Crippen LogP contribution is 2.20. The van der Waals surface area contributed by atoms with E-state index in [2.05, 4.69) is 15.4 Å². The normalized spacial score (nSPS) is 10.5. The predicted molar refractivity (Wildman–Crippen MR) is 73.6 cm³/mol. The molecule has 7 nitrogen and oxygen atoms in total. The molecule has 0 bridgehead atoms. The molecule has 106 valence electrons. The molecule has 2 N–H and O–H groups in total. The lowest BCUT2D eigenvalue weighted by atomic mass is 10.2. The van der Waals surface area contributed by atoms with Crippen LogP contribution in [0.1, 0.15) is 10.4 Å². The van der Waals surface area contributed by atoms with Crippen LogP contribution in [0.25, 0.3) is 0 Å². The summed E-state index contributed by atoms with van der Waals surface area (Å²) in [6.45, 7) is 1.19. The van der Waals surface area contributed by atoms with Crippen LogP contribution in [0.3, 0.4) is 0 Å². The first-order valence-corrected chi connectivity index (χ1v) is 6.15. The number of ether oxygens (including phenoxy) is 1. The first-order chi connectivity index (χ1) is 9.60. The van der Waals surface area contributed by atoms with E-state index in [1.54, 1.807) is 24.2 Å². The van der Waals surface area contributed by atoms with Crippen LogP contribution in [0.4, 0.5) is 11.5 Å². The number of aromatic carboxylic acids is 1. The van der Waals surface area contributed by atoms with Crippen LogP contribution in [-0.4, -0.2) is 39.6 Å². The third-order valence-corrected chi connectivity index (χ3v) is 2.82. The quantitative estimate of drug-likeness (QED) is 0.847. The fourth-order valence-electron chi connectivity index (χ4n) is 1.55. The standard InChI is InChI=1S/C12H13ClN4O3/c1-20-3-2-17-7-8(5-15-17)16-11-4-9(12(18)19)10(13)6-14-11/h4-7H,2-3H2,1H3,(H,14,16)(H,18,19). The van der Waals surface area contributed by atoms with Gasteiger partial charge in [-0.2, -0.15) is 5.10 Å². The third kappa shape index (κ3) is 3.46. The molecule has 8 heteroatoms. The van der Waals surface area contributed by atoms with E-state index >= 15 is 0 Å². The molecule has 0 spiro atoms. The summed E-state index contributed by atoms with van der Waals surface area (Å²) >= 11 is 5.75. The van der Waals surface area contributed by atoms with Gasteiger partial charge in [-0.1, -0.05) is 11.6 Å². The third-order valence-electron chi connectivity index (χ3n) is 2.52. The van der Waals surface area contributed by atoms with Crippen LogP contribution in [0.5, 0.6) is 0 Å². The Morgan fingerprint density at radius 1 is 1.55 bits per heavy atom. The molecule has 0 saturated carbocycles. The van der Waals surface area contributed by atoms with Gasteiger partial charge in [0.15, 0.2) is 0 Å². The molecule has 2 heterocycles. The number of pyridine rings is 1. The number of nitrogens with zero attached hydrogens (tertiary/aromatic N) is 3. The Labute approximate surface area is 120 Å². The maximum absolute atomic E-state index is 11.0. The monoisotopic (exact) mass is 296 g/mol. The summed E-state index contributed by atoms with van der Waals surface area (Å²) in [5.74, 6) is -0.714. The van der Waals surface area contributed by atoms with Gasteiger partial charge in [0.05, 0.1) is 35.6 Å². The summed E-state index contributed by atoms with van der Waals surface area (Å²) < 4.78 is 6.66. The lowest BCUT2D eigenvalue weighted by Gasteiger charge is -2.04. The van der Waals surface area contributed by atoms with E-state index < -0.39 is 5.97 Å². The highest BCUT2D eigenvalue weighted by Gasteiger charge is 2.10. The van der Waals surface area contributed by atoms with Gasteiger partial charge in [0.25, 0.3) is 0 Å². The SMILES string of the molecule is COCCn1cc(Nc2cc(C(=O)O)c(Cl)cn2)cn1. The Hall–Kier alpha value is -2.12. The smallest absolute Gasteiger partial charge is 0.337 e. The Morgan fingerprint density at radius 2 is 2.35 bits per heavy atom. The average molecular weight is 297 g/mol. The second-order valence-corrected chi connectivity index (χ2v) is 4.37. The topological polar surface area (TPSA) is 89.3 Å². The zero-order valence-corrected chi connectivity index (χ0v) is 11.5. The lowest BCUT2D eigenvalue weighted by molar-refractivity contribution is 0.0697. The molecule has 0 aliphatic carbocycles. The van der Waals surface area contributed by atoms with Gasteiger partial charge in [0.2, 0.25) is 0 Å². The molecular formula is C12H13ClN4O3. The van der Waals surface area contributed by atoms with Gasteiger partial charge >= 0.3 is 5.97 Å². The number of hydrogen-bond acceptors (Lipinski definition) is 5. The van der Waals surface area contributed by atoms with E-state index in [0.29, 0.717) is 24.7 Å². The van der Waals surface area contributed by atoms with E-state index in [1.165, 1.54) is 12.3 Å². The Kier molecular flexibility index (Phi) is 4.54. The molecule has 0 aliphatic rings. The molecule has 0 amide bonds. The number of carboxylic acids is 1. The van der Waals surface area contributed by atoms with Crippen molar-refractivity contribution in [3.8, 4) is 0 Å². The minimum Gasteiger partial charge on any atom is -0.478 e. The molecule has 0 aromatic carbocycles. The van der Waals surface area contributed by atoms with Crippen molar-refractivity contribution in [1.29, 1.82) is 0 Å². The maximum atomic E-state index is 11.0. The van der Waals surface area contributed by atoms with Crippen LogP contribution >= 0.6 is 11.6 Å². The van der Waals surface area contributed by atoms with E-state index in [0.717, 1.165) is 0 Å². The number of anilines is 2. The van der Waals surface area contributed by atoms with Crippen molar-refractivity contribution in [3.05, 3.63) is 35.2 Å². The van der Waals surface area contributed by atoms with Gasteiger partial charge < -0.3 is 15.2 Å². The number of aromatic nitrogens is 3. The van der Waals surface area contributed by atoms with Crippen molar-refractivity contribution in [3.63, 3.8) is 0 Å². The number of carboxylic acid groups (broad SMARTS) is 1. The van der Waals surface area contributed by atoms with Gasteiger partial charge in [-0.3, -0.25) is 4.68 Å². The molecule has 2 aromatic rings. The lowest BCUT2D eigenvalue weighted by Crippen LogP contribution is -2.04. The van der Waals surface area contributed by atoms with Crippen molar-refractivity contribution in [2.75, 3.05) is 19.0 Å². The van der Waals surface area contributed by atoms with Crippen LogP contribution < -0.4 is 5.32 Å². The molecule has 2 rings (SSSR count). The van der Waals surface area contributed by atoms with Gasteiger partial charge in [-0.25, -0.2) is 9.78 Å². The Bertz CT molecular complexity index is 614. The molecular weight excluding hydrogens is 284 g/mol. The molecule has 0 aliphatic heterocycles. The second kappa shape index (κ2) is 6.36. The zero-order chi connectivity index (χ0) is 14.5. The molecule has 2 aromatic heterocycles. The number of halogens is 1. The first-order valence-electron chi connectivity index (χ1n) is 5.77. The Morgan fingerprint density at radius 3 is 3.05 bits per heavy atom. The molecule has 0 saturated heterocycles. The minimum atomic E-state index is -1.10. The number of hydrogen-bond donors (Lipinski definition) is 2. The maximum Gasteiger partial charge on any atom is 0.337 e. The highest BCUT2D eigenvalue weighted by atomic mass is 35.5. The Balaban J connectivity index is 2.11. The predicted octanol–water partition coefficient (Wildman–Crippen LogP) is 2.02. The van der Waals surface area contributed by atoms with Crippen LogP contribution in [0.2, 0.25) is 5.02 Å². The first kappa shape index (κ1) is 14.3. The average Bonchev–Trinajstić information content (AvgIpc) is 2.86. The molecule has 0 unspecified atom stereocenters. The second-order valence-electron chi connectivity index (χ2n) is 3.96. The van der Waals surface area contributed by atoms with E-state index in [9.17, 15) is 4.79 Å². The molecule has 0 fully saturated rings. The number of carbonyl (C=O) groups is 1. The van der Waals surface area contributed by atoms with Gasteiger partial charge in [0, 0.05) is 19.5 Å². The van der Waals surface area contributed by atoms with E-state index in [-0.39, 0.29) is 10.6 Å². The van der Waals surface area contributed by atoms with Crippen molar-refractivity contribution < 1.29 is 14.6 Å². The largest absolute Gasteiger partial charge is 0.478 e. The summed E-state index contributed by atoms with van der Waals surface area (Å²) in [6.07, 6.45) is 4.69. The summed E-state index contributed by atoms with van der Waals surface area (Å²) in [5, 5.41) is 16.2. The van der Waals surface area contributed by atoms with Crippen molar-refractivity contribution in [2.24, 2.45) is 0 Å². The summed E-state index contributed by atoms with van der Waals surface area (Å²) in [6, 6.07) is 1.37.